The third kappa shape index (κ3) is 3.04. The van der Waals surface area contributed by atoms with Crippen molar-refractivity contribution in [2.75, 3.05) is 0 Å². The molecule has 0 aliphatic heterocycles. The second-order valence-corrected chi connectivity index (χ2v) is 5.55. The SMILES string of the molecule is Cc1noc([C@@H](C)OC(=O)c2cc(C(C)(C)C)on2)n1. The van der Waals surface area contributed by atoms with Gasteiger partial charge in [0.1, 0.15) is 5.76 Å². The van der Waals surface area contributed by atoms with Crippen LogP contribution in [0.4, 0.5) is 0 Å². The van der Waals surface area contributed by atoms with Gasteiger partial charge in [0.25, 0.3) is 5.89 Å². The Morgan fingerprint density at radius 1 is 1.30 bits per heavy atom. The van der Waals surface area contributed by atoms with Crippen LogP contribution in [0.3, 0.4) is 0 Å². The van der Waals surface area contributed by atoms with Crippen molar-refractivity contribution in [1.82, 2.24) is 15.3 Å². The Labute approximate surface area is 116 Å². The second kappa shape index (κ2) is 5.07. The average molecular weight is 279 g/mol. The number of esters is 1. The number of aryl methyl sites for hydroxylation is 1. The Balaban J connectivity index is 2.07. The normalized spacial score (nSPS) is 13.2. The molecule has 7 nitrogen and oxygen atoms in total. The highest BCUT2D eigenvalue weighted by atomic mass is 16.6. The van der Waals surface area contributed by atoms with Gasteiger partial charge in [-0.25, -0.2) is 4.79 Å². The molecule has 20 heavy (non-hydrogen) atoms. The molecule has 0 aromatic carbocycles. The van der Waals surface area contributed by atoms with Crippen molar-refractivity contribution in [2.45, 2.75) is 46.1 Å². The summed E-state index contributed by atoms with van der Waals surface area (Å²) in [5, 5.41) is 7.36. The number of nitrogens with zero attached hydrogens (tertiary/aromatic N) is 3. The molecule has 7 heteroatoms. The molecule has 0 saturated carbocycles. The largest absolute Gasteiger partial charge is 0.448 e. The molecular weight excluding hydrogens is 262 g/mol. The number of rotatable bonds is 3. The van der Waals surface area contributed by atoms with Crippen LogP contribution in [0.15, 0.2) is 15.1 Å². The summed E-state index contributed by atoms with van der Waals surface area (Å²) in [7, 11) is 0. The highest BCUT2D eigenvalue weighted by molar-refractivity contribution is 5.87. The first kappa shape index (κ1) is 14.2. The molecule has 0 aliphatic carbocycles. The molecule has 1 atom stereocenters. The molecular formula is C13H17N3O4. The highest BCUT2D eigenvalue weighted by Crippen LogP contribution is 2.24. The number of hydrogen-bond donors (Lipinski definition) is 0. The van der Waals surface area contributed by atoms with Crippen LogP contribution in [0.25, 0.3) is 0 Å². The summed E-state index contributed by atoms with van der Waals surface area (Å²) in [6.07, 6.45) is -0.640. The zero-order valence-corrected chi connectivity index (χ0v) is 12.1. The van der Waals surface area contributed by atoms with Gasteiger partial charge < -0.3 is 13.8 Å². The van der Waals surface area contributed by atoms with E-state index in [1.165, 1.54) is 0 Å². The summed E-state index contributed by atoms with van der Waals surface area (Å²) in [6.45, 7) is 9.23. The predicted octanol–water partition coefficient (Wildman–Crippen LogP) is 2.58. The van der Waals surface area contributed by atoms with Crippen molar-refractivity contribution in [1.29, 1.82) is 0 Å². The Bertz CT molecular complexity index is 609. The summed E-state index contributed by atoms with van der Waals surface area (Å²) >= 11 is 0. The van der Waals surface area contributed by atoms with Crippen molar-refractivity contribution >= 4 is 5.97 Å². The van der Waals surface area contributed by atoms with Crippen molar-refractivity contribution in [3.63, 3.8) is 0 Å². The van der Waals surface area contributed by atoms with Crippen LogP contribution in [0.5, 0.6) is 0 Å². The Hall–Kier alpha value is -2.18. The molecule has 2 rings (SSSR count). The van der Waals surface area contributed by atoms with Gasteiger partial charge in [0.2, 0.25) is 0 Å². The Morgan fingerprint density at radius 2 is 2.00 bits per heavy atom. The van der Waals surface area contributed by atoms with E-state index in [2.05, 4.69) is 15.3 Å². The molecule has 0 radical (unpaired) electrons. The quantitative estimate of drug-likeness (QED) is 0.797. The molecule has 0 saturated heterocycles. The summed E-state index contributed by atoms with van der Waals surface area (Å²) in [4.78, 5) is 15.9. The van der Waals surface area contributed by atoms with E-state index in [0.29, 0.717) is 11.6 Å². The first-order valence-corrected chi connectivity index (χ1v) is 6.26. The summed E-state index contributed by atoms with van der Waals surface area (Å²) < 4.78 is 15.3. The first-order chi connectivity index (χ1) is 9.27. The van der Waals surface area contributed by atoms with E-state index < -0.39 is 12.1 Å². The molecule has 0 unspecified atom stereocenters. The van der Waals surface area contributed by atoms with Gasteiger partial charge in [0, 0.05) is 11.5 Å². The third-order valence-corrected chi connectivity index (χ3v) is 2.63. The van der Waals surface area contributed by atoms with Gasteiger partial charge in [0.05, 0.1) is 0 Å². The van der Waals surface area contributed by atoms with E-state index in [1.54, 1.807) is 19.9 Å². The van der Waals surface area contributed by atoms with Crippen LogP contribution < -0.4 is 0 Å². The molecule has 0 bridgehead atoms. The summed E-state index contributed by atoms with van der Waals surface area (Å²) in [5.74, 6) is 0.757. The Kier molecular flexibility index (Phi) is 3.61. The lowest BCUT2D eigenvalue weighted by molar-refractivity contribution is 0.0254. The van der Waals surface area contributed by atoms with Gasteiger partial charge in [0.15, 0.2) is 17.6 Å². The smallest absolute Gasteiger partial charge is 0.361 e. The van der Waals surface area contributed by atoms with Crippen molar-refractivity contribution in [3.8, 4) is 0 Å². The highest BCUT2D eigenvalue weighted by Gasteiger charge is 2.25. The second-order valence-electron chi connectivity index (χ2n) is 5.55. The van der Waals surface area contributed by atoms with Crippen LogP contribution in [0, 0.1) is 6.92 Å². The van der Waals surface area contributed by atoms with E-state index in [0.717, 1.165) is 0 Å². The molecule has 0 aliphatic rings. The lowest BCUT2D eigenvalue weighted by atomic mass is 9.93. The van der Waals surface area contributed by atoms with Crippen LogP contribution in [-0.4, -0.2) is 21.3 Å². The van der Waals surface area contributed by atoms with Gasteiger partial charge >= 0.3 is 5.97 Å². The van der Waals surface area contributed by atoms with Gasteiger partial charge in [-0.3, -0.25) is 0 Å². The van der Waals surface area contributed by atoms with Crippen molar-refractivity contribution in [3.05, 3.63) is 29.2 Å². The maximum absolute atomic E-state index is 11.9. The molecule has 2 aromatic rings. The monoisotopic (exact) mass is 279 g/mol. The van der Waals surface area contributed by atoms with Gasteiger partial charge in [-0.05, 0) is 13.8 Å². The number of hydrogen-bond acceptors (Lipinski definition) is 7. The maximum Gasteiger partial charge on any atom is 0.361 e. The van der Waals surface area contributed by atoms with Crippen LogP contribution in [0.2, 0.25) is 0 Å². The van der Waals surface area contributed by atoms with E-state index in [9.17, 15) is 4.79 Å². The fraction of sp³-hybridized carbons (Fsp3) is 0.538. The number of carbonyl (C=O) groups excluding carboxylic acids is 1. The minimum absolute atomic E-state index is 0.123. The molecule has 0 fully saturated rings. The third-order valence-electron chi connectivity index (χ3n) is 2.63. The molecule has 0 amide bonds. The molecule has 108 valence electrons. The number of aromatic nitrogens is 3. The number of carbonyl (C=O) groups is 1. The Morgan fingerprint density at radius 3 is 2.50 bits per heavy atom. The van der Waals surface area contributed by atoms with E-state index >= 15 is 0 Å². The average Bonchev–Trinajstić information content (AvgIpc) is 2.95. The minimum Gasteiger partial charge on any atom is -0.448 e. The predicted molar refractivity (Wildman–Crippen MR) is 68.1 cm³/mol. The zero-order chi connectivity index (χ0) is 14.9. The van der Waals surface area contributed by atoms with Crippen molar-refractivity contribution < 1.29 is 18.6 Å². The fourth-order valence-corrected chi connectivity index (χ4v) is 1.47. The van der Waals surface area contributed by atoms with E-state index in [1.807, 2.05) is 20.8 Å². The summed E-state index contributed by atoms with van der Waals surface area (Å²) in [6, 6.07) is 1.58. The van der Waals surface area contributed by atoms with Gasteiger partial charge in [-0.1, -0.05) is 31.1 Å². The van der Waals surface area contributed by atoms with Crippen LogP contribution in [-0.2, 0) is 10.2 Å². The molecule has 2 heterocycles. The number of ether oxygens (including phenoxy) is 1. The molecule has 0 spiro atoms. The fourth-order valence-electron chi connectivity index (χ4n) is 1.47. The van der Waals surface area contributed by atoms with Crippen LogP contribution in [0.1, 0.15) is 61.8 Å². The molecule has 0 N–H and O–H groups in total. The summed E-state index contributed by atoms with van der Waals surface area (Å²) in [5.41, 5.74) is -0.0983. The van der Waals surface area contributed by atoms with Crippen molar-refractivity contribution in [2.24, 2.45) is 0 Å². The standard InChI is InChI=1S/C13H17N3O4/c1-7(11-14-8(2)15-20-11)18-12(17)9-6-10(19-16-9)13(3,4)5/h6-7H,1-5H3/t7-/m1/s1. The van der Waals surface area contributed by atoms with Gasteiger partial charge in [-0.15, -0.1) is 0 Å². The molecule has 2 aromatic heterocycles. The lowest BCUT2D eigenvalue weighted by Crippen LogP contribution is -2.11. The maximum atomic E-state index is 11.9. The van der Waals surface area contributed by atoms with E-state index in [-0.39, 0.29) is 17.0 Å². The zero-order valence-electron chi connectivity index (χ0n) is 12.1. The minimum atomic E-state index is -0.640. The van der Waals surface area contributed by atoms with Crippen LogP contribution >= 0.6 is 0 Å². The lowest BCUT2D eigenvalue weighted by Gasteiger charge is -2.12. The van der Waals surface area contributed by atoms with E-state index in [4.69, 9.17) is 13.8 Å². The first-order valence-electron chi connectivity index (χ1n) is 6.26. The van der Waals surface area contributed by atoms with Gasteiger partial charge in [-0.2, -0.15) is 4.98 Å². The topological polar surface area (TPSA) is 91.2 Å².